The van der Waals surface area contributed by atoms with Crippen molar-refractivity contribution in [1.82, 2.24) is 9.97 Å². The Kier molecular flexibility index (Phi) is 3.09. The maximum Gasteiger partial charge on any atom is 0.135 e. The summed E-state index contributed by atoms with van der Waals surface area (Å²) in [5.41, 5.74) is 1.78. The molecule has 0 fully saturated rings. The minimum Gasteiger partial charge on any atom is -0.240 e. The lowest BCUT2D eigenvalue weighted by molar-refractivity contribution is 0.983. The van der Waals surface area contributed by atoms with Crippen LogP contribution in [0.3, 0.4) is 0 Å². The van der Waals surface area contributed by atoms with Crippen LogP contribution in [0, 0.1) is 0 Å². The van der Waals surface area contributed by atoms with Crippen molar-refractivity contribution >= 4 is 23.2 Å². The Morgan fingerprint density at radius 2 is 2.18 bits per heavy atom. The van der Waals surface area contributed by atoms with Crippen LogP contribution in [0.5, 0.6) is 0 Å². The third-order valence-electron chi connectivity index (χ3n) is 1.46. The summed E-state index contributed by atoms with van der Waals surface area (Å²) in [6.07, 6.45) is 2.25. The molecule has 2 nitrogen and oxygen atoms in total. The van der Waals surface area contributed by atoms with Gasteiger partial charge in [-0.25, -0.2) is 9.97 Å². The highest BCUT2D eigenvalue weighted by atomic mass is 35.5. The van der Waals surface area contributed by atoms with Gasteiger partial charge in [-0.15, -0.1) is 11.6 Å². The third kappa shape index (κ3) is 1.82. The molecule has 0 aliphatic rings. The smallest absolute Gasteiger partial charge is 0.135 e. The monoisotopic (exact) mass is 190 g/mol. The van der Waals surface area contributed by atoms with Crippen LogP contribution in [0.4, 0.5) is 0 Å². The summed E-state index contributed by atoms with van der Waals surface area (Å²) in [5, 5.41) is 0.512. The van der Waals surface area contributed by atoms with Crippen molar-refractivity contribution in [3.63, 3.8) is 0 Å². The summed E-state index contributed by atoms with van der Waals surface area (Å²) < 4.78 is 0. The molecule has 0 amide bonds. The predicted octanol–water partition coefficient (Wildman–Crippen LogP) is 2.43. The fraction of sp³-hybridized carbons (Fsp3) is 0.429. The van der Waals surface area contributed by atoms with Crippen molar-refractivity contribution in [3.8, 4) is 0 Å². The number of rotatable bonds is 2. The maximum atomic E-state index is 5.80. The number of hydrogen-bond acceptors (Lipinski definition) is 2. The van der Waals surface area contributed by atoms with Crippen LogP contribution in [0.2, 0.25) is 5.15 Å². The number of hydrogen-bond donors (Lipinski definition) is 0. The van der Waals surface area contributed by atoms with Crippen molar-refractivity contribution in [2.24, 2.45) is 0 Å². The Hall–Kier alpha value is -0.340. The fourth-order valence-electron chi connectivity index (χ4n) is 0.889. The molecule has 0 saturated carbocycles. The minimum absolute atomic E-state index is 0.394. The summed E-state index contributed by atoms with van der Waals surface area (Å²) in [4.78, 5) is 7.86. The van der Waals surface area contributed by atoms with Gasteiger partial charge in [0.25, 0.3) is 0 Å². The van der Waals surface area contributed by atoms with Gasteiger partial charge in [-0.2, -0.15) is 0 Å². The van der Waals surface area contributed by atoms with E-state index in [1.165, 1.54) is 6.33 Å². The zero-order chi connectivity index (χ0) is 8.27. The lowest BCUT2D eigenvalue weighted by Crippen LogP contribution is -1.96. The Balaban J connectivity index is 3.13. The fourth-order valence-corrected chi connectivity index (χ4v) is 1.41. The highest BCUT2D eigenvalue weighted by molar-refractivity contribution is 6.30. The van der Waals surface area contributed by atoms with Crippen molar-refractivity contribution < 1.29 is 0 Å². The van der Waals surface area contributed by atoms with E-state index in [1.54, 1.807) is 0 Å². The van der Waals surface area contributed by atoms with Gasteiger partial charge in [0, 0.05) is 5.56 Å². The highest BCUT2D eigenvalue weighted by Gasteiger charge is 2.05. The van der Waals surface area contributed by atoms with Gasteiger partial charge < -0.3 is 0 Å². The van der Waals surface area contributed by atoms with Crippen LogP contribution in [-0.2, 0) is 12.3 Å². The molecule has 0 saturated heterocycles. The number of aromatic nitrogens is 2. The Morgan fingerprint density at radius 3 is 2.64 bits per heavy atom. The first-order valence-electron chi connectivity index (χ1n) is 3.33. The van der Waals surface area contributed by atoms with E-state index in [-0.39, 0.29) is 0 Å². The van der Waals surface area contributed by atoms with Gasteiger partial charge in [-0.1, -0.05) is 18.5 Å². The molecule has 0 aliphatic carbocycles. The van der Waals surface area contributed by atoms with Gasteiger partial charge in [0.2, 0.25) is 0 Å². The molecule has 0 bridgehead atoms. The summed E-state index contributed by atoms with van der Waals surface area (Å²) in [5.74, 6) is 0.394. The average Bonchev–Trinajstić information content (AvgIpc) is 2.04. The minimum atomic E-state index is 0.394. The topological polar surface area (TPSA) is 25.8 Å². The first kappa shape index (κ1) is 8.75. The molecule has 0 spiro atoms. The van der Waals surface area contributed by atoms with Gasteiger partial charge in [0.1, 0.15) is 11.5 Å². The van der Waals surface area contributed by atoms with Crippen molar-refractivity contribution in [2.75, 3.05) is 0 Å². The normalized spacial score (nSPS) is 10.1. The molecule has 1 heterocycles. The quantitative estimate of drug-likeness (QED) is 0.529. The molecule has 0 unspecified atom stereocenters. The second-order valence-corrected chi connectivity index (χ2v) is 2.70. The van der Waals surface area contributed by atoms with E-state index >= 15 is 0 Å². The molecular formula is C7H8Cl2N2. The van der Waals surface area contributed by atoms with Gasteiger partial charge in [-0.05, 0) is 6.42 Å². The molecule has 0 aliphatic heterocycles. The zero-order valence-electron chi connectivity index (χ0n) is 6.14. The van der Waals surface area contributed by atoms with Crippen LogP contribution >= 0.6 is 23.2 Å². The molecule has 11 heavy (non-hydrogen) atoms. The van der Waals surface area contributed by atoms with Crippen molar-refractivity contribution in [2.45, 2.75) is 19.2 Å². The summed E-state index contributed by atoms with van der Waals surface area (Å²) in [7, 11) is 0. The molecule has 1 aromatic rings. The largest absolute Gasteiger partial charge is 0.240 e. The van der Waals surface area contributed by atoms with Crippen molar-refractivity contribution in [1.29, 1.82) is 0 Å². The summed E-state index contributed by atoms with van der Waals surface area (Å²) >= 11 is 11.4. The lowest BCUT2D eigenvalue weighted by Gasteiger charge is -2.03. The van der Waals surface area contributed by atoms with E-state index in [0.29, 0.717) is 11.0 Å². The Morgan fingerprint density at radius 1 is 1.45 bits per heavy atom. The van der Waals surface area contributed by atoms with E-state index in [0.717, 1.165) is 17.7 Å². The van der Waals surface area contributed by atoms with Crippen LogP contribution in [0.15, 0.2) is 6.33 Å². The first-order chi connectivity index (χ1) is 5.29. The predicted molar refractivity (Wildman–Crippen MR) is 46.0 cm³/mol. The van der Waals surface area contributed by atoms with E-state index in [9.17, 15) is 0 Å². The van der Waals surface area contributed by atoms with Gasteiger partial charge in [0.15, 0.2) is 0 Å². The standard InChI is InChI=1S/C7H8Cl2N2/c1-2-5-6(3-8)10-4-11-7(5)9/h4H,2-3H2,1H3. The number of alkyl halides is 1. The van der Waals surface area contributed by atoms with E-state index < -0.39 is 0 Å². The molecule has 0 atom stereocenters. The Labute approximate surface area is 75.6 Å². The van der Waals surface area contributed by atoms with E-state index in [4.69, 9.17) is 23.2 Å². The van der Waals surface area contributed by atoms with Gasteiger partial charge in [-0.3, -0.25) is 0 Å². The molecular weight excluding hydrogens is 183 g/mol. The summed E-state index contributed by atoms with van der Waals surface area (Å²) in [6.45, 7) is 2.00. The lowest BCUT2D eigenvalue weighted by atomic mass is 10.2. The van der Waals surface area contributed by atoms with Crippen LogP contribution in [0.25, 0.3) is 0 Å². The zero-order valence-corrected chi connectivity index (χ0v) is 7.65. The van der Waals surface area contributed by atoms with Crippen LogP contribution < -0.4 is 0 Å². The molecule has 0 aromatic carbocycles. The highest BCUT2D eigenvalue weighted by Crippen LogP contribution is 2.16. The van der Waals surface area contributed by atoms with E-state index in [1.807, 2.05) is 6.92 Å². The maximum absolute atomic E-state index is 5.80. The molecule has 0 N–H and O–H groups in total. The second kappa shape index (κ2) is 3.88. The number of halogens is 2. The Bertz CT molecular complexity index is 250. The molecule has 60 valence electrons. The SMILES string of the molecule is CCc1c(Cl)ncnc1CCl. The van der Waals surface area contributed by atoms with Crippen LogP contribution in [0.1, 0.15) is 18.2 Å². The number of nitrogens with zero attached hydrogens (tertiary/aromatic N) is 2. The van der Waals surface area contributed by atoms with Gasteiger partial charge >= 0.3 is 0 Å². The van der Waals surface area contributed by atoms with E-state index in [2.05, 4.69) is 9.97 Å². The first-order valence-corrected chi connectivity index (χ1v) is 4.25. The molecule has 4 heteroatoms. The van der Waals surface area contributed by atoms with Crippen LogP contribution in [-0.4, -0.2) is 9.97 Å². The van der Waals surface area contributed by atoms with Gasteiger partial charge in [0.05, 0.1) is 11.6 Å². The molecule has 1 rings (SSSR count). The summed E-state index contributed by atoms with van der Waals surface area (Å²) in [6, 6.07) is 0. The third-order valence-corrected chi connectivity index (χ3v) is 2.04. The average molecular weight is 191 g/mol. The van der Waals surface area contributed by atoms with Crippen molar-refractivity contribution in [3.05, 3.63) is 22.7 Å². The second-order valence-electron chi connectivity index (χ2n) is 2.08. The molecule has 1 aromatic heterocycles. The molecule has 0 radical (unpaired) electrons.